The molecule has 2 saturated heterocycles. The van der Waals surface area contributed by atoms with E-state index in [4.69, 9.17) is 9.39 Å². The first-order chi connectivity index (χ1) is 12.3. The third-order valence-corrected chi connectivity index (χ3v) is 5.46. The van der Waals surface area contributed by atoms with E-state index in [2.05, 4.69) is 26.6 Å². The molecule has 2 aliphatic rings. The monoisotopic (exact) mass is 445 g/mol. The van der Waals surface area contributed by atoms with Gasteiger partial charge in [-0.25, -0.2) is 0 Å². The van der Waals surface area contributed by atoms with E-state index in [-0.39, 0.29) is 13.2 Å². The number of hydrogen-bond donors (Lipinski definition) is 2. The van der Waals surface area contributed by atoms with Crippen molar-refractivity contribution in [3.8, 4) is 0 Å². The quantitative estimate of drug-likeness (QED) is 0.328. The normalized spacial score (nSPS) is 22.6. The summed E-state index contributed by atoms with van der Waals surface area (Å²) in [6.45, 7) is 0.291. The van der Waals surface area contributed by atoms with Crippen molar-refractivity contribution in [3.63, 3.8) is 0 Å². The second kappa shape index (κ2) is 7.53. The van der Waals surface area contributed by atoms with E-state index in [1.807, 2.05) is 24.3 Å². The van der Waals surface area contributed by atoms with Gasteiger partial charge in [-0.1, -0.05) is 0 Å². The van der Waals surface area contributed by atoms with Crippen LogP contribution in [0.3, 0.4) is 0 Å². The van der Waals surface area contributed by atoms with Gasteiger partial charge in [-0.2, -0.15) is 8.42 Å². The van der Waals surface area contributed by atoms with Crippen LogP contribution in [0.5, 0.6) is 0 Å². The molecule has 26 heavy (non-hydrogen) atoms. The summed E-state index contributed by atoms with van der Waals surface area (Å²) in [6, 6.07) is 5.36. The zero-order valence-electron chi connectivity index (χ0n) is 13.4. The molecule has 2 heterocycles. The fourth-order valence-electron chi connectivity index (χ4n) is 2.99. The van der Waals surface area contributed by atoms with Crippen molar-refractivity contribution in [1.82, 2.24) is 15.4 Å². The molecule has 2 aliphatic heterocycles. The number of amides is 3. The molecule has 2 atom stereocenters. The van der Waals surface area contributed by atoms with E-state index in [1.54, 1.807) is 0 Å². The Morgan fingerprint density at radius 1 is 1.35 bits per heavy atom. The van der Waals surface area contributed by atoms with Crippen molar-refractivity contribution in [1.29, 1.82) is 0 Å². The first-order valence-corrected chi connectivity index (χ1v) is 10.0. The van der Waals surface area contributed by atoms with Crippen LogP contribution in [0.15, 0.2) is 24.3 Å². The van der Waals surface area contributed by atoms with Crippen LogP contribution in [0.2, 0.25) is 0 Å². The molecule has 0 aromatic heterocycles. The Kier molecular flexibility index (Phi) is 5.54. The summed E-state index contributed by atoms with van der Waals surface area (Å²) >= 11 is 2.41. The van der Waals surface area contributed by atoms with Crippen molar-refractivity contribution in [2.75, 3.05) is 6.54 Å². The minimum absolute atomic E-state index is 0.127. The van der Waals surface area contributed by atoms with Crippen LogP contribution in [-0.4, -0.2) is 70.4 Å². The van der Waals surface area contributed by atoms with Crippen LogP contribution < -0.4 is 9.83 Å². The number of carbonyl (C=O) groups is 2. The molecule has 140 valence electrons. The minimum atomic E-state index is -4.81. The SMILES string of the molecule is O=C(NOCc1ccccc1[As])C1CCC2CN1C(=O)N2OS(=O)(=O)O. The second-order valence-corrected chi connectivity index (χ2v) is 7.91. The molecule has 2 radical (unpaired) electrons. The molecule has 1 aromatic rings. The third kappa shape index (κ3) is 4.18. The van der Waals surface area contributed by atoms with Crippen LogP contribution in [-0.2, 0) is 30.9 Å². The van der Waals surface area contributed by atoms with Crippen molar-refractivity contribution >= 4 is 43.5 Å². The topological polar surface area (TPSA) is 125 Å². The smallest absolute Gasteiger partial charge is 0.262 e. The zero-order chi connectivity index (χ0) is 18.9. The Hall–Kier alpha value is -1.65. The van der Waals surface area contributed by atoms with Gasteiger partial charge in [-0.15, -0.1) is 0 Å². The van der Waals surface area contributed by atoms with Gasteiger partial charge in [-0.3, -0.25) is 4.55 Å². The minimum Gasteiger partial charge on any atom is -0.262 e. The standard InChI is InChI=1S/C14H16AsN3O7S/c15-11-4-2-1-3-9(11)8-24-16-13(19)12-6-5-10-7-17(12)14(20)18(10)25-26(21,22)23/h1-4,10,12H,5-8H2,(H,16,19)(H,21,22,23). The summed E-state index contributed by atoms with van der Waals surface area (Å²) in [5.74, 6) is -0.506. The molecular weight excluding hydrogens is 429 g/mol. The number of nitrogens with zero attached hydrogens (tertiary/aromatic N) is 2. The average Bonchev–Trinajstić information content (AvgIpc) is 2.80. The van der Waals surface area contributed by atoms with E-state index in [1.165, 1.54) is 4.90 Å². The summed E-state index contributed by atoms with van der Waals surface area (Å²) in [5.41, 5.74) is 3.22. The Labute approximate surface area is 158 Å². The molecule has 1 aromatic carbocycles. The van der Waals surface area contributed by atoms with Gasteiger partial charge in [0.15, 0.2) is 0 Å². The molecule has 10 nitrogen and oxygen atoms in total. The van der Waals surface area contributed by atoms with Crippen LogP contribution >= 0.6 is 0 Å². The summed E-state index contributed by atoms with van der Waals surface area (Å²) < 4.78 is 35.8. The molecule has 3 rings (SSSR count). The molecule has 12 heteroatoms. The van der Waals surface area contributed by atoms with E-state index >= 15 is 0 Å². The predicted molar refractivity (Wildman–Crippen MR) is 88.1 cm³/mol. The summed E-state index contributed by atoms with van der Waals surface area (Å²) in [6.07, 6.45) is 0.670. The van der Waals surface area contributed by atoms with E-state index < -0.39 is 34.4 Å². The summed E-state index contributed by atoms with van der Waals surface area (Å²) in [5, 5.41) is 0.592. The number of carbonyl (C=O) groups excluding carboxylic acids is 2. The number of hydroxylamine groups is 3. The Morgan fingerprint density at radius 3 is 2.77 bits per heavy atom. The molecule has 0 saturated carbocycles. The Morgan fingerprint density at radius 2 is 2.08 bits per heavy atom. The summed E-state index contributed by atoms with van der Waals surface area (Å²) in [7, 11) is -4.81. The maximum absolute atomic E-state index is 12.3. The number of urea groups is 1. The van der Waals surface area contributed by atoms with E-state index in [9.17, 15) is 18.0 Å². The first-order valence-electron chi connectivity index (χ1n) is 7.71. The van der Waals surface area contributed by atoms with E-state index in [0.29, 0.717) is 17.9 Å². The van der Waals surface area contributed by atoms with Gasteiger partial charge in [0, 0.05) is 0 Å². The maximum atomic E-state index is 12.3. The molecule has 0 aliphatic carbocycles. The number of nitrogens with one attached hydrogen (secondary N) is 1. The van der Waals surface area contributed by atoms with Crippen LogP contribution in [0.1, 0.15) is 18.4 Å². The average molecular weight is 445 g/mol. The Balaban J connectivity index is 1.58. The van der Waals surface area contributed by atoms with Gasteiger partial charge < -0.3 is 0 Å². The van der Waals surface area contributed by atoms with Gasteiger partial charge in [0.25, 0.3) is 0 Å². The molecule has 0 spiro atoms. The zero-order valence-corrected chi connectivity index (χ0v) is 16.1. The van der Waals surface area contributed by atoms with Gasteiger partial charge in [0.05, 0.1) is 0 Å². The fourth-order valence-corrected chi connectivity index (χ4v) is 3.85. The van der Waals surface area contributed by atoms with Gasteiger partial charge in [-0.05, 0) is 0 Å². The molecule has 2 fully saturated rings. The Bertz CT molecular complexity index is 819. The van der Waals surface area contributed by atoms with Crippen molar-refractivity contribution in [3.05, 3.63) is 29.8 Å². The molecule has 3 amide bonds. The van der Waals surface area contributed by atoms with Crippen molar-refractivity contribution in [2.24, 2.45) is 0 Å². The van der Waals surface area contributed by atoms with Crippen LogP contribution in [0.25, 0.3) is 0 Å². The van der Waals surface area contributed by atoms with Crippen LogP contribution in [0, 0.1) is 0 Å². The third-order valence-electron chi connectivity index (χ3n) is 4.19. The predicted octanol–water partition coefficient (Wildman–Crippen LogP) is -0.969. The molecular formula is C14H16AsN3O7S. The number of rotatable bonds is 6. The molecule has 2 unspecified atom stereocenters. The number of hydrogen-bond acceptors (Lipinski definition) is 6. The first kappa shape index (κ1) is 19.1. The second-order valence-electron chi connectivity index (χ2n) is 5.89. The van der Waals surface area contributed by atoms with Gasteiger partial charge in [0.1, 0.15) is 0 Å². The van der Waals surface area contributed by atoms with Crippen molar-refractivity contribution < 1.29 is 31.7 Å². The van der Waals surface area contributed by atoms with Gasteiger partial charge >= 0.3 is 146 Å². The fraction of sp³-hybridized carbons (Fsp3) is 0.429. The van der Waals surface area contributed by atoms with Crippen molar-refractivity contribution in [2.45, 2.75) is 31.5 Å². The number of fused-ring (bicyclic) bond motifs is 2. The van der Waals surface area contributed by atoms with Crippen LogP contribution in [0.4, 0.5) is 4.79 Å². The number of benzene rings is 1. The molecule has 2 bridgehead atoms. The number of piperidine rings is 1. The van der Waals surface area contributed by atoms with E-state index in [0.717, 1.165) is 9.91 Å². The van der Waals surface area contributed by atoms with Gasteiger partial charge in [0.2, 0.25) is 0 Å². The molecule has 2 N–H and O–H groups in total. The summed E-state index contributed by atoms with van der Waals surface area (Å²) in [4.78, 5) is 31.0.